The lowest BCUT2D eigenvalue weighted by Gasteiger charge is -2.21. The Balaban J connectivity index is 1.35. The molecule has 1 N–H and O–H groups in total. The highest BCUT2D eigenvalue weighted by Crippen LogP contribution is 2.29. The minimum Gasteiger partial charge on any atom is -0.489 e. The lowest BCUT2D eigenvalue weighted by atomic mass is 10.1. The van der Waals surface area contributed by atoms with E-state index in [2.05, 4.69) is 11.4 Å². The Hall–Kier alpha value is -3.89. The summed E-state index contributed by atoms with van der Waals surface area (Å²) in [6, 6.07) is 19.0. The largest absolute Gasteiger partial charge is 0.489 e. The summed E-state index contributed by atoms with van der Waals surface area (Å²) in [6.45, 7) is 0.977. The van der Waals surface area contributed by atoms with Crippen molar-refractivity contribution in [1.82, 2.24) is 5.32 Å². The Labute approximate surface area is 185 Å². The van der Waals surface area contributed by atoms with Gasteiger partial charge in [0.05, 0.1) is 18.2 Å². The fraction of sp³-hybridized carbons (Fsp3) is 0.200. The van der Waals surface area contributed by atoms with Crippen LogP contribution in [0.2, 0.25) is 0 Å². The minimum atomic E-state index is -0.359. The molecule has 162 valence electrons. The van der Waals surface area contributed by atoms with Gasteiger partial charge in [0, 0.05) is 23.2 Å². The molecular weight excluding hydrogens is 411 g/mol. The molecule has 0 unspecified atom stereocenters. The van der Waals surface area contributed by atoms with Crippen molar-refractivity contribution < 1.29 is 23.4 Å². The summed E-state index contributed by atoms with van der Waals surface area (Å²) in [5, 5.41) is 12.0. The van der Waals surface area contributed by atoms with E-state index in [1.807, 2.05) is 12.1 Å². The van der Waals surface area contributed by atoms with Crippen molar-refractivity contribution in [3.63, 3.8) is 0 Å². The van der Waals surface area contributed by atoms with Gasteiger partial charge in [0.25, 0.3) is 5.91 Å². The van der Waals surface area contributed by atoms with Gasteiger partial charge in [0.15, 0.2) is 6.79 Å². The van der Waals surface area contributed by atoms with Gasteiger partial charge in [-0.25, -0.2) is 4.39 Å². The highest BCUT2D eigenvalue weighted by atomic mass is 19.1. The fourth-order valence-corrected chi connectivity index (χ4v) is 3.50. The number of hydrogen-bond donors (Lipinski definition) is 1. The number of carbonyl (C=O) groups excluding carboxylic acids is 1. The van der Waals surface area contributed by atoms with Gasteiger partial charge in [-0.2, -0.15) is 5.26 Å². The average molecular weight is 432 g/mol. The molecule has 0 bridgehead atoms. The first-order valence-electron chi connectivity index (χ1n) is 10.1. The summed E-state index contributed by atoms with van der Waals surface area (Å²) in [7, 11) is 0. The zero-order chi connectivity index (χ0) is 22.3. The van der Waals surface area contributed by atoms with E-state index in [1.165, 1.54) is 12.1 Å². The number of rotatable bonds is 7. The topological polar surface area (TPSA) is 80.6 Å². The molecule has 0 saturated carbocycles. The van der Waals surface area contributed by atoms with Crippen molar-refractivity contribution in [2.45, 2.75) is 19.6 Å². The quantitative estimate of drug-likeness (QED) is 0.608. The van der Waals surface area contributed by atoms with Gasteiger partial charge in [-0.15, -0.1) is 0 Å². The van der Waals surface area contributed by atoms with Crippen LogP contribution in [0.3, 0.4) is 0 Å². The molecule has 7 heteroatoms. The van der Waals surface area contributed by atoms with Crippen LogP contribution in [0.15, 0.2) is 60.7 Å². The molecule has 0 radical (unpaired) electrons. The van der Waals surface area contributed by atoms with Crippen molar-refractivity contribution in [2.24, 2.45) is 0 Å². The normalized spacial score (nSPS) is 12.2. The molecule has 3 aromatic carbocycles. The van der Waals surface area contributed by atoms with E-state index in [4.69, 9.17) is 14.2 Å². The Morgan fingerprint density at radius 2 is 2.00 bits per heavy atom. The lowest BCUT2D eigenvalue weighted by Crippen LogP contribution is -2.26. The van der Waals surface area contributed by atoms with Gasteiger partial charge >= 0.3 is 0 Å². The summed E-state index contributed by atoms with van der Waals surface area (Å²) in [6.07, 6.45) is 0.424. The fourth-order valence-electron chi connectivity index (χ4n) is 3.50. The number of benzene rings is 3. The minimum absolute atomic E-state index is 0.129. The van der Waals surface area contributed by atoms with E-state index in [9.17, 15) is 14.4 Å². The third-order valence-corrected chi connectivity index (χ3v) is 5.06. The Morgan fingerprint density at radius 3 is 2.88 bits per heavy atom. The maximum absolute atomic E-state index is 13.9. The van der Waals surface area contributed by atoms with Gasteiger partial charge < -0.3 is 19.5 Å². The van der Waals surface area contributed by atoms with Crippen LogP contribution in [0.25, 0.3) is 0 Å². The number of nitrogens with one attached hydrogen (secondary N) is 1. The van der Waals surface area contributed by atoms with E-state index >= 15 is 0 Å². The maximum atomic E-state index is 13.9. The molecule has 0 saturated heterocycles. The smallest absolute Gasteiger partial charge is 0.251 e. The van der Waals surface area contributed by atoms with Gasteiger partial charge in [-0.1, -0.05) is 24.3 Å². The van der Waals surface area contributed by atoms with Crippen LogP contribution in [-0.2, 0) is 24.4 Å². The van der Waals surface area contributed by atoms with Crippen molar-refractivity contribution >= 4 is 5.91 Å². The molecule has 1 amide bonds. The number of nitrogens with zero attached hydrogens (tertiary/aromatic N) is 1. The van der Waals surface area contributed by atoms with E-state index in [1.54, 1.807) is 36.4 Å². The van der Waals surface area contributed by atoms with E-state index in [0.29, 0.717) is 53.3 Å². The third-order valence-electron chi connectivity index (χ3n) is 5.06. The summed E-state index contributed by atoms with van der Waals surface area (Å²) < 4.78 is 30.3. The van der Waals surface area contributed by atoms with Crippen LogP contribution in [0, 0.1) is 17.1 Å². The van der Waals surface area contributed by atoms with Crippen LogP contribution < -0.4 is 14.8 Å². The highest BCUT2D eigenvalue weighted by Gasteiger charge is 2.17. The highest BCUT2D eigenvalue weighted by molar-refractivity contribution is 5.94. The van der Waals surface area contributed by atoms with Crippen molar-refractivity contribution in [3.8, 4) is 17.6 Å². The van der Waals surface area contributed by atoms with Gasteiger partial charge in [0.2, 0.25) is 0 Å². The Kier molecular flexibility index (Phi) is 6.63. The summed E-state index contributed by atoms with van der Waals surface area (Å²) in [5.41, 5.74) is 3.13. The number of halogens is 1. The molecule has 0 aromatic heterocycles. The second-order valence-electron chi connectivity index (χ2n) is 7.26. The Bertz CT molecular complexity index is 1170. The Morgan fingerprint density at radius 1 is 1.12 bits per heavy atom. The van der Waals surface area contributed by atoms with Crippen LogP contribution >= 0.6 is 0 Å². The van der Waals surface area contributed by atoms with Gasteiger partial charge in [-0.3, -0.25) is 4.79 Å². The zero-order valence-electron chi connectivity index (χ0n) is 17.3. The molecule has 6 nitrogen and oxygen atoms in total. The summed E-state index contributed by atoms with van der Waals surface area (Å²) in [5.74, 6) is 0.530. The molecule has 1 aliphatic rings. The van der Waals surface area contributed by atoms with Crippen LogP contribution in [-0.4, -0.2) is 19.2 Å². The molecule has 4 rings (SSSR count). The first kappa shape index (κ1) is 21.3. The lowest BCUT2D eigenvalue weighted by molar-refractivity contribution is -0.0172. The molecular formula is C25H21FN2O4. The van der Waals surface area contributed by atoms with Gasteiger partial charge in [0.1, 0.15) is 23.9 Å². The second-order valence-corrected chi connectivity index (χ2v) is 7.26. The summed E-state index contributed by atoms with van der Waals surface area (Å²) >= 11 is 0. The predicted octanol–water partition coefficient (Wildman–Crippen LogP) is 4.12. The van der Waals surface area contributed by atoms with E-state index in [0.717, 1.165) is 5.56 Å². The zero-order valence-corrected chi connectivity index (χ0v) is 17.3. The SMILES string of the molecule is N#Cc1ccccc1COc1cccc(C(=O)NCCc2cc(F)cc3c2OCOC3)c1. The number of amides is 1. The second kappa shape index (κ2) is 9.94. The van der Waals surface area contributed by atoms with Crippen LogP contribution in [0.1, 0.15) is 32.6 Å². The van der Waals surface area contributed by atoms with Gasteiger partial charge in [-0.05, 0) is 48.4 Å². The number of hydrogen-bond acceptors (Lipinski definition) is 5. The summed E-state index contributed by atoms with van der Waals surface area (Å²) in [4.78, 5) is 12.6. The molecule has 32 heavy (non-hydrogen) atoms. The first-order chi connectivity index (χ1) is 15.6. The molecule has 0 fully saturated rings. The maximum Gasteiger partial charge on any atom is 0.251 e. The number of ether oxygens (including phenoxy) is 3. The van der Waals surface area contributed by atoms with Crippen LogP contribution in [0.5, 0.6) is 11.5 Å². The monoisotopic (exact) mass is 432 g/mol. The molecule has 1 aliphatic heterocycles. The van der Waals surface area contributed by atoms with Crippen LogP contribution in [0.4, 0.5) is 4.39 Å². The van der Waals surface area contributed by atoms with E-state index < -0.39 is 0 Å². The molecule has 0 aliphatic carbocycles. The standard InChI is InChI=1S/C25H21FN2O4/c26-22-10-17(24-21(11-22)14-30-16-32-24)8-9-28-25(29)18-6-3-7-23(12-18)31-15-20-5-2-1-4-19(20)13-27/h1-7,10-12H,8-9,14-16H2,(H,28,29). The van der Waals surface area contributed by atoms with E-state index in [-0.39, 0.29) is 25.1 Å². The number of carbonyl (C=O) groups is 1. The van der Waals surface area contributed by atoms with Crippen molar-refractivity contribution in [3.05, 3.63) is 94.3 Å². The molecule has 0 spiro atoms. The predicted molar refractivity (Wildman–Crippen MR) is 115 cm³/mol. The molecule has 0 atom stereocenters. The number of nitriles is 1. The first-order valence-corrected chi connectivity index (χ1v) is 10.1. The average Bonchev–Trinajstić information content (AvgIpc) is 2.83. The molecule has 3 aromatic rings. The number of fused-ring (bicyclic) bond motifs is 1. The molecule has 1 heterocycles. The van der Waals surface area contributed by atoms with Crippen molar-refractivity contribution in [2.75, 3.05) is 13.3 Å². The third kappa shape index (κ3) is 5.05. The van der Waals surface area contributed by atoms with Crippen molar-refractivity contribution in [1.29, 1.82) is 5.26 Å².